The van der Waals surface area contributed by atoms with Crippen molar-refractivity contribution in [1.82, 2.24) is 5.32 Å². The van der Waals surface area contributed by atoms with Crippen molar-refractivity contribution in [1.29, 1.82) is 0 Å². The van der Waals surface area contributed by atoms with Gasteiger partial charge >= 0.3 is 5.97 Å². The molecule has 1 aromatic carbocycles. The zero-order chi connectivity index (χ0) is 16.1. The molecule has 1 amide bonds. The summed E-state index contributed by atoms with van der Waals surface area (Å²) in [5.74, 6) is -1.07. The maximum Gasteiger partial charge on any atom is 0.328 e. The zero-order valence-electron chi connectivity index (χ0n) is 12.4. The molecular formula is C16H19NO5. The molecule has 0 aromatic heterocycles. The molecule has 2 N–H and O–H groups in total. The predicted molar refractivity (Wildman–Crippen MR) is 78.3 cm³/mol. The van der Waals surface area contributed by atoms with Crippen molar-refractivity contribution in [3.63, 3.8) is 0 Å². The molecule has 0 unspecified atom stereocenters. The highest BCUT2D eigenvalue weighted by molar-refractivity contribution is 5.97. The van der Waals surface area contributed by atoms with Gasteiger partial charge in [-0.3, -0.25) is 9.59 Å². The lowest BCUT2D eigenvalue weighted by Crippen LogP contribution is -2.48. The molecule has 0 bridgehead atoms. The Morgan fingerprint density at radius 3 is 2.59 bits per heavy atom. The lowest BCUT2D eigenvalue weighted by atomic mass is 9.83. The van der Waals surface area contributed by atoms with Gasteiger partial charge in [0, 0.05) is 18.4 Å². The lowest BCUT2D eigenvalue weighted by molar-refractivity contribution is -0.145. The van der Waals surface area contributed by atoms with Gasteiger partial charge in [0.25, 0.3) is 5.91 Å². The lowest BCUT2D eigenvalue weighted by Gasteiger charge is -2.28. The topological polar surface area (TPSA) is 92.7 Å². The van der Waals surface area contributed by atoms with E-state index < -0.39 is 17.9 Å². The first-order valence-electron chi connectivity index (χ1n) is 7.20. The number of phenols is 1. The van der Waals surface area contributed by atoms with E-state index >= 15 is 0 Å². The Bertz CT molecular complexity index is 566. The summed E-state index contributed by atoms with van der Waals surface area (Å²) in [6.45, 7) is 0. The first-order chi connectivity index (χ1) is 10.5. The first kappa shape index (κ1) is 16.0. The minimum absolute atomic E-state index is 0.0546. The summed E-state index contributed by atoms with van der Waals surface area (Å²) < 4.78 is 4.75. The van der Waals surface area contributed by atoms with Crippen LogP contribution in [0.15, 0.2) is 24.3 Å². The average Bonchev–Trinajstić information content (AvgIpc) is 2.52. The van der Waals surface area contributed by atoms with Crippen LogP contribution in [0.3, 0.4) is 0 Å². The normalized spacial score (nSPS) is 19.3. The van der Waals surface area contributed by atoms with Gasteiger partial charge in [-0.05, 0) is 43.0 Å². The molecule has 1 aliphatic rings. The second-order valence-electron chi connectivity index (χ2n) is 5.42. The van der Waals surface area contributed by atoms with Crippen LogP contribution in [0.5, 0.6) is 5.75 Å². The number of carbonyl (C=O) groups excluding carboxylic acids is 3. The molecule has 1 saturated carbocycles. The van der Waals surface area contributed by atoms with Crippen molar-refractivity contribution in [3.8, 4) is 5.75 Å². The zero-order valence-corrected chi connectivity index (χ0v) is 12.4. The van der Waals surface area contributed by atoms with Crippen LogP contribution < -0.4 is 5.32 Å². The summed E-state index contributed by atoms with van der Waals surface area (Å²) in [6.07, 6.45) is 2.21. The van der Waals surface area contributed by atoms with Crippen LogP contribution in [0, 0.1) is 5.92 Å². The number of carbonyl (C=O) groups is 3. The molecule has 1 aromatic rings. The first-order valence-corrected chi connectivity index (χ1v) is 7.20. The molecule has 22 heavy (non-hydrogen) atoms. The van der Waals surface area contributed by atoms with Gasteiger partial charge in [-0.2, -0.15) is 0 Å². The van der Waals surface area contributed by atoms with Gasteiger partial charge < -0.3 is 15.2 Å². The van der Waals surface area contributed by atoms with E-state index in [0.29, 0.717) is 24.8 Å². The Balaban J connectivity index is 2.12. The number of esters is 1. The van der Waals surface area contributed by atoms with Crippen LogP contribution in [-0.2, 0) is 14.3 Å². The van der Waals surface area contributed by atoms with Crippen molar-refractivity contribution in [2.75, 3.05) is 7.11 Å². The standard InChI is InChI=1S/C16H19NO5/c1-22-16(21)14(11-3-2-4-13(19)9-11)17-15(20)10-5-7-12(18)8-6-10/h5-8,11,14,18H,2-4,9H2,1H3,(H,17,20)/t11-,14+/m0/s1. The smallest absolute Gasteiger partial charge is 0.328 e. The Kier molecular flexibility index (Phi) is 5.14. The number of rotatable bonds is 4. The number of aromatic hydroxyl groups is 1. The van der Waals surface area contributed by atoms with Crippen LogP contribution >= 0.6 is 0 Å². The van der Waals surface area contributed by atoms with Crippen LogP contribution in [-0.4, -0.2) is 35.9 Å². The fourth-order valence-corrected chi connectivity index (χ4v) is 2.68. The maximum absolute atomic E-state index is 12.2. The van der Waals surface area contributed by atoms with Crippen molar-refractivity contribution in [2.24, 2.45) is 5.92 Å². The molecule has 2 rings (SSSR count). The molecule has 0 radical (unpaired) electrons. The van der Waals surface area contributed by atoms with E-state index in [4.69, 9.17) is 4.74 Å². The molecule has 0 heterocycles. The fourth-order valence-electron chi connectivity index (χ4n) is 2.68. The third kappa shape index (κ3) is 3.84. The van der Waals surface area contributed by atoms with Crippen molar-refractivity contribution < 1.29 is 24.2 Å². The average molecular weight is 305 g/mol. The summed E-state index contributed by atoms with van der Waals surface area (Å²) in [6, 6.07) is 4.88. The Labute approximate surface area is 128 Å². The largest absolute Gasteiger partial charge is 0.508 e. The van der Waals surface area contributed by atoms with Crippen LogP contribution in [0.25, 0.3) is 0 Å². The summed E-state index contributed by atoms with van der Waals surface area (Å²) in [7, 11) is 1.26. The van der Waals surface area contributed by atoms with Gasteiger partial charge in [0.15, 0.2) is 0 Å². The maximum atomic E-state index is 12.2. The van der Waals surface area contributed by atoms with Crippen LogP contribution in [0.1, 0.15) is 36.0 Å². The van der Waals surface area contributed by atoms with Crippen molar-refractivity contribution in [2.45, 2.75) is 31.7 Å². The minimum Gasteiger partial charge on any atom is -0.508 e. The van der Waals surface area contributed by atoms with E-state index in [1.54, 1.807) is 0 Å². The van der Waals surface area contributed by atoms with Crippen LogP contribution in [0.4, 0.5) is 0 Å². The van der Waals surface area contributed by atoms with Crippen molar-refractivity contribution >= 4 is 17.7 Å². The number of phenolic OH excluding ortho intramolecular Hbond substituents is 1. The fraction of sp³-hybridized carbons (Fsp3) is 0.438. The quantitative estimate of drug-likeness (QED) is 0.821. The third-order valence-electron chi connectivity index (χ3n) is 3.86. The number of methoxy groups -OCH3 is 1. The molecule has 6 heteroatoms. The Hall–Kier alpha value is -2.37. The number of Topliss-reactive ketones (excluding diaryl/α,β-unsaturated/α-hetero) is 1. The second-order valence-corrected chi connectivity index (χ2v) is 5.42. The van der Waals surface area contributed by atoms with E-state index in [9.17, 15) is 19.5 Å². The summed E-state index contributed by atoms with van der Waals surface area (Å²) in [4.78, 5) is 35.8. The summed E-state index contributed by atoms with van der Waals surface area (Å²) in [5.41, 5.74) is 0.328. The van der Waals surface area contributed by atoms with Gasteiger partial charge in [0.2, 0.25) is 0 Å². The second kappa shape index (κ2) is 7.06. The highest BCUT2D eigenvalue weighted by Crippen LogP contribution is 2.25. The van der Waals surface area contributed by atoms with Gasteiger partial charge in [0.05, 0.1) is 7.11 Å². The molecule has 118 valence electrons. The Morgan fingerprint density at radius 2 is 2.00 bits per heavy atom. The number of hydrogen-bond donors (Lipinski definition) is 2. The molecule has 0 spiro atoms. The van der Waals surface area contributed by atoms with Gasteiger partial charge in [-0.1, -0.05) is 0 Å². The molecule has 1 fully saturated rings. The third-order valence-corrected chi connectivity index (χ3v) is 3.86. The van der Waals surface area contributed by atoms with Crippen molar-refractivity contribution in [3.05, 3.63) is 29.8 Å². The SMILES string of the molecule is COC(=O)[C@H](NC(=O)c1ccc(O)cc1)[C@H]1CCCC(=O)C1. The number of amides is 1. The predicted octanol–water partition coefficient (Wildman–Crippen LogP) is 1.42. The molecule has 2 atom stereocenters. The Morgan fingerprint density at radius 1 is 1.32 bits per heavy atom. The molecule has 1 aliphatic carbocycles. The van der Waals surface area contributed by atoms with Gasteiger partial charge in [0.1, 0.15) is 17.6 Å². The molecule has 0 saturated heterocycles. The highest BCUT2D eigenvalue weighted by atomic mass is 16.5. The van der Waals surface area contributed by atoms with E-state index in [1.165, 1.54) is 31.4 Å². The number of benzene rings is 1. The van der Waals surface area contributed by atoms with E-state index in [-0.39, 0.29) is 23.9 Å². The minimum atomic E-state index is -0.837. The summed E-state index contributed by atoms with van der Waals surface area (Å²) >= 11 is 0. The molecular weight excluding hydrogens is 286 g/mol. The number of ether oxygens (including phenoxy) is 1. The van der Waals surface area contributed by atoms with E-state index in [2.05, 4.69) is 5.32 Å². The number of ketones is 1. The molecule has 0 aliphatic heterocycles. The monoisotopic (exact) mass is 305 g/mol. The van der Waals surface area contributed by atoms with E-state index in [1.807, 2.05) is 0 Å². The van der Waals surface area contributed by atoms with Gasteiger partial charge in [-0.25, -0.2) is 4.79 Å². The number of nitrogens with one attached hydrogen (secondary N) is 1. The summed E-state index contributed by atoms with van der Waals surface area (Å²) in [5, 5.41) is 11.9. The van der Waals surface area contributed by atoms with Crippen LogP contribution in [0.2, 0.25) is 0 Å². The number of hydrogen-bond acceptors (Lipinski definition) is 5. The van der Waals surface area contributed by atoms with E-state index in [0.717, 1.165) is 0 Å². The molecule has 6 nitrogen and oxygen atoms in total. The highest BCUT2D eigenvalue weighted by Gasteiger charge is 2.34. The van der Waals surface area contributed by atoms with Gasteiger partial charge in [-0.15, -0.1) is 0 Å².